The number of hydrogen-bond acceptors (Lipinski definition) is 5. The number of carboxylic acids is 1. The quantitative estimate of drug-likeness (QED) is 0.108. The van der Waals surface area contributed by atoms with Crippen molar-refractivity contribution >= 4 is 76.1 Å². The molecule has 0 bridgehead atoms. The molecule has 0 saturated carbocycles. The molecule has 4 rings (SSSR count). The van der Waals surface area contributed by atoms with Gasteiger partial charge in [0.1, 0.15) is 5.70 Å². The maximum Gasteiger partial charge on any atom is 0.335 e. The maximum atomic E-state index is 13.4. The molecule has 43 heavy (non-hydrogen) atoms. The van der Waals surface area contributed by atoms with Crippen molar-refractivity contribution < 1.29 is 24.3 Å². The van der Waals surface area contributed by atoms with E-state index in [1.54, 1.807) is 85.8 Å². The first-order valence-corrected chi connectivity index (χ1v) is 14.5. The SMILES string of the molecule is CC(Sc1cccc(NC(=O)/C(=C/c2cccc(Cl)c2)NC(=O)c2ccccc2)c1)C(=O)Nc1cc(C(=O)O)ccc1Cl. The number of halogens is 2. The van der Waals surface area contributed by atoms with E-state index in [1.165, 1.54) is 36.0 Å². The van der Waals surface area contributed by atoms with Crippen molar-refractivity contribution in [2.45, 2.75) is 17.1 Å². The number of carboxylic acid groups (broad SMARTS) is 1. The lowest BCUT2D eigenvalue weighted by Crippen LogP contribution is -2.30. The number of thioether (sulfide) groups is 1. The second kappa shape index (κ2) is 14.6. The molecular weight excluding hydrogens is 609 g/mol. The van der Waals surface area contributed by atoms with Gasteiger partial charge in [0.2, 0.25) is 5.91 Å². The van der Waals surface area contributed by atoms with Crippen molar-refractivity contribution in [3.8, 4) is 0 Å². The Labute approximate surface area is 262 Å². The molecule has 0 saturated heterocycles. The molecule has 0 heterocycles. The fraction of sp³-hybridized carbons (Fsp3) is 0.0625. The Kier molecular flexibility index (Phi) is 10.6. The van der Waals surface area contributed by atoms with E-state index in [0.717, 1.165) is 0 Å². The summed E-state index contributed by atoms with van der Waals surface area (Å²) in [6.07, 6.45) is 1.53. The zero-order valence-corrected chi connectivity index (χ0v) is 25.0. The van der Waals surface area contributed by atoms with Gasteiger partial charge in [0.15, 0.2) is 0 Å². The maximum absolute atomic E-state index is 13.4. The summed E-state index contributed by atoms with van der Waals surface area (Å²) in [5, 5.41) is 17.5. The van der Waals surface area contributed by atoms with Crippen LogP contribution in [-0.4, -0.2) is 34.0 Å². The summed E-state index contributed by atoms with van der Waals surface area (Å²) in [7, 11) is 0. The van der Waals surface area contributed by atoms with Crippen molar-refractivity contribution in [1.82, 2.24) is 5.32 Å². The predicted molar refractivity (Wildman–Crippen MR) is 171 cm³/mol. The minimum atomic E-state index is -1.14. The molecule has 218 valence electrons. The average molecular weight is 635 g/mol. The Morgan fingerprint density at radius 1 is 0.814 bits per heavy atom. The Morgan fingerprint density at radius 2 is 1.56 bits per heavy atom. The van der Waals surface area contributed by atoms with E-state index < -0.39 is 23.0 Å². The average Bonchev–Trinajstić information content (AvgIpc) is 2.98. The Hall–Kier alpha value is -4.57. The second-order valence-electron chi connectivity index (χ2n) is 9.16. The lowest BCUT2D eigenvalue weighted by atomic mass is 10.1. The number of carbonyl (C=O) groups excluding carboxylic acids is 3. The van der Waals surface area contributed by atoms with Gasteiger partial charge in [-0.15, -0.1) is 11.8 Å². The van der Waals surface area contributed by atoms with Crippen molar-refractivity contribution in [1.29, 1.82) is 0 Å². The lowest BCUT2D eigenvalue weighted by molar-refractivity contribution is -0.115. The highest BCUT2D eigenvalue weighted by Gasteiger charge is 2.19. The van der Waals surface area contributed by atoms with Crippen LogP contribution in [-0.2, 0) is 9.59 Å². The molecule has 11 heteroatoms. The van der Waals surface area contributed by atoms with Crippen molar-refractivity contribution in [2.75, 3.05) is 10.6 Å². The largest absolute Gasteiger partial charge is 0.478 e. The number of carbonyl (C=O) groups is 4. The highest BCUT2D eigenvalue weighted by molar-refractivity contribution is 8.00. The summed E-state index contributed by atoms with van der Waals surface area (Å²) in [6.45, 7) is 1.69. The highest BCUT2D eigenvalue weighted by atomic mass is 35.5. The third kappa shape index (κ3) is 8.96. The van der Waals surface area contributed by atoms with Crippen LogP contribution in [0.3, 0.4) is 0 Å². The molecule has 0 aliphatic carbocycles. The second-order valence-corrected chi connectivity index (χ2v) is 11.4. The number of anilines is 2. The smallest absolute Gasteiger partial charge is 0.335 e. The molecule has 3 amide bonds. The summed E-state index contributed by atoms with van der Waals surface area (Å²) < 4.78 is 0. The summed E-state index contributed by atoms with van der Waals surface area (Å²) in [4.78, 5) is 51.1. The molecule has 0 radical (unpaired) electrons. The fourth-order valence-corrected chi connectivity index (χ4v) is 5.09. The Balaban J connectivity index is 1.48. The van der Waals surface area contributed by atoms with Crippen LogP contribution in [0.25, 0.3) is 6.08 Å². The van der Waals surface area contributed by atoms with Crippen LogP contribution >= 0.6 is 35.0 Å². The van der Waals surface area contributed by atoms with Gasteiger partial charge in [-0.3, -0.25) is 14.4 Å². The Morgan fingerprint density at radius 3 is 2.28 bits per heavy atom. The van der Waals surface area contributed by atoms with Crippen molar-refractivity contribution in [2.24, 2.45) is 0 Å². The highest BCUT2D eigenvalue weighted by Crippen LogP contribution is 2.29. The minimum absolute atomic E-state index is 0.00221. The molecule has 0 aliphatic rings. The summed E-state index contributed by atoms with van der Waals surface area (Å²) in [5.41, 5.74) is 1.62. The normalized spacial score (nSPS) is 11.7. The van der Waals surface area contributed by atoms with Crippen LogP contribution in [0.15, 0.2) is 108 Å². The van der Waals surface area contributed by atoms with Crippen molar-refractivity contribution in [3.05, 3.63) is 129 Å². The molecule has 0 aromatic heterocycles. The third-order valence-electron chi connectivity index (χ3n) is 5.93. The van der Waals surface area contributed by atoms with Crippen LogP contribution in [0.5, 0.6) is 0 Å². The molecule has 8 nitrogen and oxygen atoms in total. The molecule has 4 aromatic rings. The van der Waals surface area contributed by atoms with E-state index >= 15 is 0 Å². The summed E-state index contributed by atoms with van der Waals surface area (Å²) in [5.74, 6) is -2.55. The minimum Gasteiger partial charge on any atom is -0.478 e. The van der Waals surface area contributed by atoms with Crippen LogP contribution in [0.1, 0.15) is 33.2 Å². The summed E-state index contributed by atoms with van der Waals surface area (Å²) in [6, 6.07) is 26.3. The molecule has 0 aliphatic heterocycles. The van der Waals surface area contributed by atoms with E-state index in [1.807, 2.05) is 0 Å². The first-order chi connectivity index (χ1) is 20.6. The topological polar surface area (TPSA) is 125 Å². The van der Waals surface area contributed by atoms with Gasteiger partial charge in [-0.05, 0) is 79.2 Å². The van der Waals surface area contributed by atoms with Crippen LogP contribution in [0.2, 0.25) is 10.0 Å². The Bertz CT molecular complexity index is 1710. The molecule has 1 atom stereocenters. The van der Waals surface area contributed by atoms with Gasteiger partial charge in [0.25, 0.3) is 11.8 Å². The first kappa shape index (κ1) is 31.4. The number of benzene rings is 4. The van der Waals surface area contributed by atoms with Crippen molar-refractivity contribution in [3.63, 3.8) is 0 Å². The van der Waals surface area contributed by atoms with Gasteiger partial charge in [0.05, 0.1) is 21.5 Å². The number of rotatable bonds is 10. The number of amides is 3. The van der Waals surface area contributed by atoms with Gasteiger partial charge in [0, 0.05) is 21.2 Å². The van der Waals surface area contributed by atoms with E-state index in [9.17, 15) is 24.3 Å². The lowest BCUT2D eigenvalue weighted by Gasteiger charge is -2.15. The molecular formula is C32H25Cl2N3O5S. The number of nitrogens with one attached hydrogen (secondary N) is 3. The zero-order chi connectivity index (χ0) is 30.9. The summed E-state index contributed by atoms with van der Waals surface area (Å²) >= 11 is 13.5. The monoisotopic (exact) mass is 633 g/mol. The van der Waals surface area contributed by atoms with E-state index in [4.69, 9.17) is 23.2 Å². The van der Waals surface area contributed by atoms with E-state index in [2.05, 4.69) is 16.0 Å². The van der Waals surface area contributed by atoms with Gasteiger partial charge >= 0.3 is 5.97 Å². The van der Waals surface area contributed by atoms with E-state index in [0.29, 0.717) is 26.7 Å². The van der Waals surface area contributed by atoms with Gasteiger partial charge in [-0.1, -0.05) is 59.6 Å². The fourth-order valence-electron chi connectivity index (χ4n) is 3.80. The zero-order valence-electron chi connectivity index (χ0n) is 22.6. The van der Waals surface area contributed by atoms with Crippen LogP contribution in [0, 0.1) is 0 Å². The van der Waals surface area contributed by atoms with Gasteiger partial charge in [-0.2, -0.15) is 0 Å². The number of hydrogen-bond donors (Lipinski definition) is 4. The molecule has 1 unspecified atom stereocenters. The first-order valence-electron chi connectivity index (χ1n) is 12.8. The van der Waals surface area contributed by atoms with E-state index in [-0.39, 0.29) is 27.9 Å². The molecule has 4 aromatic carbocycles. The predicted octanol–water partition coefficient (Wildman–Crippen LogP) is 7.22. The number of aromatic carboxylic acids is 1. The standard InChI is InChI=1S/C32H25Cl2N3O5S/c1-19(29(38)36-27-17-22(32(41)42)13-14-26(27)34)43-25-12-6-11-24(18-25)35-31(40)28(16-20-7-5-10-23(33)15-20)37-30(39)21-8-3-2-4-9-21/h2-19H,1H3,(H,35,40)(H,36,38)(H,37,39)(H,41,42)/b28-16-. The van der Waals surface area contributed by atoms with Crippen LogP contribution in [0.4, 0.5) is 11.4 Å². The molecule has 4 N–H and O–H groups in total. The third-order valence-corrected chi connectivity index (χ3v) is 7.59. The van der Waals surface area contributed by atoms with Crippen LogP contribution < -0.4 is 16.0 Å². The molecule has 0 spiro atoms. The van der Waals surface area contributed by atoms with Gasteiger partial charge < -0.3 is 21.1 Å². The van der Waals surface area contributed by atoms with Gasteiger partial charge in [-0.25, -0.2) is 4.79 Å². The molecule has 0 fully saturated rings.